The van der Waals surface area contributed by atoms with Crippen LogP contribution < -0.4 is 4.74 Å². The third-order valence-electron chi connectivity index (χ3n) is 7.28. The third-order valence-corrected chi connectivity index (χ3v) is 7.28. The van der Waals surface area contributed by atoms with Gasteiger partial charge in [-0.05, 0) is 6.42 Å². The SMILES string of the molecule is CCCCCCCCCCCCCCCCCCOc1c([N+](=O)[O-])cc([N+](=O)[O-])c2c(O)c([N+](=O)[O-])cc([N+](=O)[O-])c12. The highest BCUT2D eigenvalue weighted by Gasteiger charge is 2.37. The van der Waals surface area contributed by atoms with Gasteiger partial charge in [-0.1, -0.05) is 103 Å². The number of fused-ring (bicyclic) bond motifs is 1. The summed E-state index contributed by atoms with van der Waals surface area (Å²) in [6, 6.07) is 0.894. The van der Waals surface area contributed by atoms with E-state index < -0.39 is 64.7 Å². The van der Waals surface area contributed by atoms with Crippen LogP contribution in [0, 0.1) is 40.5 Å². The minimum atomic E-state index is -1.21. The summed E-state index contributed by atoms with van der Waals surface area (Å²) in [5.41, 5.74) is -4.17. The molecule has 1 N–H and O–H groups in total. The van der Waals surface area contributed by atoms with Gasteiger partial charge in [0.1, 0.15) is 10.8 Å². The number of hydrogen-bond acceptors (Lipinski definition) is 10. The van der Waals surface area contributed by atoms with Crippen molar-refractivity contribution in [2.24, 2.45) is 0 Å². The van der Waals surface area contributed by atoms with Crippen LogP contribution in [-0.2, 0) is 0 Å². The van der Waals surface area contributed by atoms with Gasteiger partial charge < -0.3 is 9.84 Å². The Morgan fingerprint density at radius 3 is 1.31 bits per heavy atom. The molecule has 0 unspecified atom stereocenters. The average Bonchev–Trinajstić information content (AvgIpc) is 2.93. The first kappa shape index (κ1) is 34.1. The van der Waals surface area contributed by atoms with Gasteiger partial charge in [0.2, 0.25) is 11.5 Å². The Morgan fingerprint density at radius 1 is 0.548 bits per heavy atom. The monoisotopic (exact) mass is 592 g/mol. The Kier molecular flexibility index (Phi) is 14.3. The molecule has 0 radical (unpaired) electrons. The number of ether oxygens (including phenoxy) is 1. The van der Waals surface area contributed by atoms with Crippen LogP contribution in [0.2, 0.25) is 0 Å². The molecule has 14 heteroatoms. The fourth-order valence-electron chi connectivity index (χ4n) is 5.05. The molecule has 0 aliphatic heterocycles. The summed E-state index contributed by atoms with van der Waals surface area (Å²) in [4.78, 5) is 42.2. The number of benzene rings is 2. The van der Waals surface area contributed by atoms with E-state index in [0.717, 1.165) is 32.1 Å². The Labute approximate surface area is 243 Å². The van der Waals surface area contributed by atoms with Crippen molar-refractivity contribution < 1.29 is 29.5 Å². The van der Waals surface area contributed by atoms with Crippen LogP contribution in [0.5, 0.6) is 11.5 Å². The second-order valence-electron chi connectivity index (χ2n) is 10.4. The van der Waals surface area contributed by atoms with Crippen molar-refractivity contribution in [2.75, 3.05) is 6.61 Å². The molecule has 42 heavy (non-hydrogen) atoms. The van der Waals surface area contributed by atoms with E-state index in [1.165, 1.54) is 64.2 Å². The van der Waals surface area contributed by atoms with Crippen LogP contribution in [0.1, 0.15) is 110 Å². The topological polar surface area (TPSA) is 202 Å². The van der Waals surface area contributed by atoms with Gasteiger partial charge in [0.25, 0.3) is 11.4 Å². The molecule has 0 atom stereocenters. The second kappa shape index (κ2) is 17.7. The number of aromatic hydroxyl groups is 1. The minimum Gasteiger partial charge on any atom is -0.501 e. The quantitative estimate of drug-likeness (QED) is 0.0781. The number of phenols is 1. The first-order chi connectivity index (χ1) is 20.1. The molecule has 14 nitrogen and oxygen atoms in total. The lowest BCUT2D eigenvalue weighted by Crippen LogP contribution is -2.05. The van der Waals surface area contributed by atoms with Crippen LogP contribution in [0.15, 0.2) is 12.1 Å². The minimum absolute atomic E-state index is 0.0822. The maximum absolute atomic E-state index is 11.8. The second-order valence-corrected chi connectivity index (χ2v) is 10.4. The molecule has 0 aliphatic rings. The standard InChI is InChI=1S/C28H40N4O10/c1-2-3-4-5-6-7-8-9-10-11-12-13-14-15-16-17-18-42-28-24(32(40)41)20-21(29(34)35)25-26(28)22(30(36)37)19-23(27(25)33)31(38)39/h19-20,33H,2-18H2,1H3. The zero-order valence-electron chi connectivity index (χ0n) is 24.1. The fourth-order valence-corrected chi connectivity index (χ4v) is 5.05. The van der Waals surface area contributed by atoms with Gasteiger partial charge in [-0.15, -0.1) is 0 Å². The zero-order chi connectivity index (χ0) is 31.1. The molecule has 2 rings (SSSR count). The molecule has 0 saturated heterocycles. The first-order valence-corrected chi connectivity index (χ1v) is 14.7. The Balaban J connectivity index is 1.94. The summed E-state index contributed by atoms with van der Waals surface area (Å²) in [5.74, 6) is -1.87. The Morgan fingerprint density at radius 2 is 0.905 bits per heavy atom. The smallest absolute Gasteiger partial charge is 0.318 e. The van der Waals surface area contributed by atoms with Gasteiger partial charge in [0.15, 0.2) is 0 Å². The van der Waals surface area contributed by atoms with Crippen molar-refractivity contribution in [3.05, 3.63) is 52.6 Å². The van der Waals surface area contributed by atoms with Gasteiger partial charge in [0.05, 0.1) is 38.4 Å². The van der Waals surface area contributed by atoms with Crippen LogP contribution in [0.3, 0.4) is 0 Å². The van der Waals surface area contributed by atoms with Crippen LogP contribution in [0.4, 0.5) is 22.7 Å². The summed E-state index contributed by atoms with van der Waals surface area (Å²) in [7, 11) is 0. The summed E-state index contributed by atoms with van der Waals surface area (Å²) in [6.45, 7) is 2.14. The van der Waals surface area contributed by atoms with Crippen molar-refractivity contribution in [1.82, 2.24) is 0 Å². The number of non-ortho nitro benzene ring substituents is 2. The molecular formula is C28H40N4O10. The number of rotatable bonds is 22. The number of phenolic OH excluding ortho intramolecular Hbond substituents is 1. The van der Waals surface area contributed by atoms with Crippen LogP contribution in [-0.4, -0.2) is 31.4 Å². The number of nitro benzene ring substituents is 4. The third kappa shape index (κ3) is 9.77. The lowest BCUT2D eigenvalue weighted by Gasteiger charge is -2.12. The summed E-state index contributed by atoms with van der Waals surface area (Å²) in [6.07, 6.45) is 18.3. The van der Waals surface area contributed by atoms with E-state index in [1.54, 1.807) is 0 Å². The molecule has 0 amide bonds. The van der Waals surface area contributed by atoms with E-state index in [9.17, 15) is 45.6 Å². The molecule has 232 valence electrons. The molecule has 0 aromatic heterocycles. The lowest BCUT2D eigenvalue weighted by molar-refractivity contribution is -0.396. The molecule has 2 aromatic carbocycles. The van der Waals surface area contributed by atoms with Gasteiger partial charge in [-0.3, -0.25) is 40.5 Å². The maximum Gasteiger partial charge on any atom is 0.318 e. The molecule has 2 aromatic rings. The average molecular weight is 593 g/mol. The van der Waals surface area contributed by atoms with Gasteiger partial charge in [-0.2, -0.15) is 0 Å². The van der Waals surface area contributed by atoms with Crippen molar-refractivity contribution in [2.45, 2.75) is 110 Å². The number of nitrogens with zero attached hydrogens (tertiary/aromatic N) is 4. The highest BCUT2D eigenvalue weighted by atomic mass is 16.6. The van der Waals surface area contributed by atoms with Gasteiger partial charge >= 0.3 is 11.4 Å². The Bertz CT molecular complexity index is 1250. The normalized spacial score (nSPS) is 11.1. The highest BCUT2D eigenvalue weighted by Crippen LogP contribution is 2.51. The van der Waals surface area contributed by atoms with Crippen LogP contribution >= 0.6 is 0 Å². The lowest BCUT2D eigenvalue weighted by atomic mass is 10.0. The molecular weight excluding hydrogens is 552 g/mol. The summed E-state index contributed by atoms with van der Waals surface area (Å²) >= 11 is 0. The number of hydrogen-bond donors (Lipinski definition) is 1. The zero-order valence-corrected chi connectivity index (χ0v) is 24.1. The van der Waals surface area contributed by atoms with Crippen molar-refractivity contribution in [1.29, 1.82) is 0 Å². The van der Waals surface area contributed by atoms with E-state index in [4.69, 9.17) is 4.74 Å². The van der Waals surface area contributed by atoms with Crippen molar-refractivity contribution in [3.63, 3.8) is 0 Å². The van der Waals surface area contributed by atoms with Crippen LogP contribution in [0.25, 0.3) is 10.8 Å². The number of unbranched alkanes of at least 4 members (excludes halogenated alkanes) is 15. The molecule has 0 fully saturated rings. The molecule has 0 aliphatic carbocycles. The predicted octanol–water partition coefficient (Wildman–Crippen LogP) is 8.82. The van der Waals surface area contributed by atoms with E-state index >= 15 is 0 Å². The van der Waals surface area contributed by atoms with E-state index in [-0.39, 0.29) is 6.61 Å². The highest BCUT2D eigenvalue weighted by molar-refractivity contribution is 6.09. The Hall–Kier alpha value is -4.10. The largest absolute Gasteiger partial charge is 0.501 e. The predicted molar refractivity (Wildman–Crippen MR) is 157 cm³/mol. The summed E-state index contributed by atoms with van der Waals surface area (Å²) in [5, 5.41) is 55.3. The van der Waals surface area contributed by atoms with Crippen molar-refractivity contribution in [3.8, 4) is 11.5 Å². The maximum atomic E-state index is 11.8. The van der Waals surface area contributed by atoms with Crippen molar-refractivity contribution >= 4 is 33.5 Å². The molecule has 0 saturated carbocycles. The molecule has 0 spiro atoms. The fraction of sp³-hybridized carbons (Fsp3) is 0.643. The number of nitro groups is 4. The van der Waals surface area contributed by atoms with Gasteiger partial charge in [0, 0.05) is 0 Å². The summed E-state index contributed by atoms with van der Waals surface area (Å²) < 4.78 is 5.56. The van der Waals surface area contributed by atoms with E-state index in [0.29, 0.717) is 18.6 Å². The first-order valence-electron chi connectivity index (χ1n) is 14.7. The molecule has 0 heterocycles. The molecule has 0 bridgehead atoms. The van der Waals surface area contributed by atoms with E-state index in [1.807, 2.05) is 0 Å². The van der Waals surface area contributed by atoms with Gasteiger partial charge in [-0.25, -0.2) is 0 Å². The van der Waals surface area contributed by atoms with E-state index in [2.05, 4.69) is 6.92 Å².